The summed E-state index contributed by atoms with van der Waals surface area (Å²) in [6, 6.07) is 4.11. The molecule has 3 rings (SSSR count). The second kappa shape index (κ2) is 7.48. The van der Waals surface area contributed by atoms with Crippen LogP contribution >= 0.6 is 0 Å². The van der Waals surface area contributed by atoms with Gasteiger partial charge in [0.25, 0.3) is 0 Å². The Labute approximate surface area is 138 Å². The molecule has 1 amide bonds. The monoisotopic (exact) mass is 335 g/mol. The summed E-state index contributed by atoms with van der Waals surface area (Å²) < 4.78 is 26.2. The molecule has 6 nitrogen and oxygen atoms in total. The lowest BCUT2D eigenvalue weighted by Gasteiger charge is -2.32. The summed E-state index contributed by atoms with van der Waals surface area (Å²) >= 11 is 0. The lowest BCUT2D eigenvalue weighted by Crippen LogP contribution is -2.45. The van der Waals surface area contributed by atoms with Gasteiger partial charge in [0, 0.05) is 25.7 Å². The number of amides is 1. The molecule has 0 atom stereocenters. The normalized spacial score (nSPS) is 16.2. The first-order chi connectivity index (χ1) is 11.6. The number of likely N-dealkylation sites (tertiary alicyclic amines) is 1. The quantitative estimate of drug-likeness (QED) is 0.896. The molecule has 0 saturated carbocycles. The SMILES string of the molecule is O=C(Cn1nccn1)NC1CCN(Cc2ccc(F)c(F)c2)CC1. The molecule has 1 aromatic heterocycles. The number of aromatic nitrogens is 3. The second-order valence-electron chi connectivity index (χ2n) is 5.93. The molecule has 1 saturated heterocycles. The minimum absolute atomic E-state index is 0.106. The van der Waals surface area contributed by atoms with Crippen molar-refractivity contribution in [2.24, 2.45) is 0 Å². The predicted molar refractivity (Wildman–Crippen MR) is 82.8 cm³/mol. The van der Waals surface area contributed by atoms with Gasteiger partial charge in [0.05, 0.1) is 12.4 Å². The van der Waals surface area contributed by atoms with Crippen LogP contribution in [0.25, 0.3) is 0 Å². The number of benzene rings is 1. The van der Waals surface area contributed by atoms with Crippen molar-refractivity contribution in [1.29, 1.82) is 0 Å². The molecule has 0 aliphatic carbocycles. The number of hydrogen-bond donors (Lipinski definition) is 1. The lowest BCUT2D eigenvalue weighted by molar-refractivity contribution is -0.123. The van der Waals surface area contributed by atoms with Crippen molar-refractivity contribution in [3.63, 3.8) is 0 Å². The van der Waals surface area contributed by atoms with Crippen LogP contribution in [0.2, 0.25) is 0 Å². The van der Waals surface area contributed by atoms with Crippen molar-refractivity contribution in [2.75, 3.05) is 13.1 Å². The number of hydrogen-bond acceptors (Lipinski definition) is 4. The second-order valence-corrected chi connectivity index (χ2v) is 5.93. The summed E-state index contributed by atoms with van der Waals surface area (Å²) in [5, 5.41) is 10.8. The fraction of sp³-hybridized carbons (Fsp3) is 0.438. The number of nitrogens with zero attached hydrogens (tertiary/aromatic N) is 4. The van der Waals surface area contributed by atoms with Crippen LogP contribution in [0.3, 0.4) is 0 Å². The number of rotatable bonds is 5. The van der Waals surface area contributed by atoms with Gasteiger partial charge in [-0.15, -0.1) is 0 Å². The molecular weight excluding hydrogens is 316 g/mol. The first-order valence-corrected chi connectivity index (χ1v) is 7.90. The number of halogens is 2. The number of carbonyl (C=O) groups is 1. The van der Waals surface area contributed by atoms with Gasteiger partial charge in [-0.1, -0.05) is 6.07 Å². The molecule has 2 aromatic rings. The van der Waals surface area contributed by atoms with Crippen molar-refractivity contribution in [2.45, 2.75) is 32.0 Å². The van der Waals surface area contributed by atoms with Crippen LogP contribution in [0.1, 0.15) is 18.4 Å². The molecule has 1 aromatic carbocycles. The Bertz CT molecular complexity index is 684. The number of nitrogens with one attached hydrogen (secondary N) is 1. The van der Waals surface area contributed by atoms with Gasteiger partial charge in [0.1, 0.15) is 6.54 Å². The summed E-state index contributed by atoms with van der Waals surface area (Å²) in [7, 11) is 0. The summed E-state index contributed by atoms with van der Waals surface area (Å²) in [5.41, 5.74) is 0.751. The third-order valence-corrected chi connectivity index (χ3v) is 4.09. The number of piperidine rings is 1. The van der Waals surface area contributed by atoms with E-state index in [0.717, 1.165) is 37.6 Å². The van der Waals surface area contributed by atoms with E-state index < -0.39 is 11.6 Å². The third kappa shape index (κ3) is 4.35. The van der Waals surface area contributed by atoms with Crippen molar-refractivity contribution in [3.8, 4) is 0 Å². The van der Waals surface area contributed by atoms with Gasteiger partial charge in [-0.3, -0.25) is 9.69 Å². The molecule has 2 heterocycles. The Morgan fingerprint density at radius 2 is 1.88 bits per heavy atom. The van der Waals surface area contributed by atoms with Gasteiger partial charge in [0.2, 0.25) is 5.91 Å². The molecule has 1 aliphatic rings. The Hall–Kier alpha value is -2.35. The molecule has 8 heteroatoms. The van der Waals surface area contributed by atoms with Crippen molar-refractivity contribution < 1.29 is 13.6 Å². The van der Waals surface area contributed by atoms with E-state index in [0.29, 0.717) is 6.54 Å². The fourth-order valence-corrected chi connectivity index (χ4v) is 2.86. The Morgan fingerprint density at radius 1 is 1.17 bits per heavy atom. The molecule has 1 N–H and O–H groups in total. The van der Waals surface area contributed by atoms with E-state index >= 15 is 0 Å². The lowest BCUT2D eigenvalue weighted by atomic mass is 10.0. The minimum Gasteiger partial charge on any atom is -0.352 e. The molecule has 0 bridgehead atoms. The highest BCUT2D eigenvalue weighted by atomic mass is 19.2. The van der Waals surface area contributed by atoms with Crippen LogP contribution in [0.5, 0.6) is 0 Å². The first kappa shape index (κ1) is 16.5. The average Bonchev–Trinajstić information content (AvgIpc) is 3.06. The molecule has 128 valence electrons. The van der Waals surface area contributed by atoms with Crippen LogP contribution < -0.4 is 5.32 Å². The van der Waals surface area contributed by atoms with Crippen LogP contribution in [-0.2, 0) is 17.9 Å². The highest BCUT2D eigenvalue weighted by Crippen LogP contribution is 2.15. The highest BCUT2D eigenvalue weighted by molar-refractivity contribution is 5.75. The van der Waals surface area contributed by atoms with E-state index in [1.54, 1.807) is 6.07 Å². The topological polar surface area (TPSA) is 63.1 Å². The van der Waals surface area contributed by atoms with E-state index in [1.165, 1.54) is 23.3 Å². The zero-order valence-corrected chi connectivity index (χ0v) is 13.2. The van der Waals surface area contributed by atoms with Gasteiger partial charge >= 0.3 is 0 Å². The standard InChI is InChI=1S/C16H19F2N5O/c17-14-2-1-12(9-15(14)18)10-22-7-3-13(4-8-22)21-16(24)11-23-19-5-6-20-23/h1-2,5-6,9,13H,3-4,7-8,10-11H2,(H,21,24). The van der Waals surface area contributed by atoms with E-state index in [1.807, 2.05) is 0 Å². The molecule has 0 radical (unpaired) electrons. The van der Waals surface area contributed by atoms with Gasteiger partial charge in [-0.25, -0.2) is 8.78 Å². The minimum atomic E-state index is -0.827. The molecule has 1 fully saturated rings. The smallest absolute Gasteiger partial charge is 0.243 e. The average molecular weight is 335 g/mol. The maximum Gasteiger partial charge on any atom is 0.243 e. The number of carbonyl (C=O) groups excluding carboxylic acids is 1. The predicted octanol–water partition coefficient (Wildman–Crippen LogP) is 1.34. The summed E-state index contributed by atoms with van der Waals surface area (Å²) in [6.07, 6.45) is 4.71. The van der Waals surface area contributed by atoms with Crippen molar-refractivity contribution in [1.82, 2.24) is 25.2 Å². The third-order valence-electron chi connectivity index (χ3n) is 4.09. The zero-order valence-electron chi connectivity index (χ0n) is 13.2. The molecule has 0 spiro atoms. The largest absolute Gasteiger partial charge is 0.352 e. The Kier molecular flexibility index (Phi) is 5.14. The zero-order chi connectivity index (χ0) is 16.9. The first-order valence-electron chi connectivity index (χ1n) is 7.90. The van der Waals surface area contributed by atoms with Gasteiger partial charge < -0.3 is 5.32 Å². The van der Waals surface area contributed by atoms with Crippen molar-refractivity contribution >= 4 is 5.91 Å². The molecule has 1 aliphatic heterocycles. The molecule has 0 unspecified atom stereocenters. The van der Waals surface area contributed by atoms with Crippen LogP contribution in [-0.4, -0.2) is 44.9 Å². The van der Waals surface area contributed by atoms with Crippen LogP contribution in [0.4, 0.5) is 8.78 Å². The van der Waals surface area contributed by atoms with E-state index in [2.05, 4.69) is 20.4 Å². The van der Waals surface area contributed by atoms with Crippen LogP contribution in [0, 0.1) is 11.6 Å². The maximum atomic E-state index is 13.2. The van der Waals surface area contributed by atoms with Gasteiger partial charge in [-0.2, -0.15) is 15.0 Å². The summed E-state index contributed by atoms with van der Waals surface area (Å²) in [6.45, 7) is 2.28. The van der Waals surface area contributed by atoms with Crippen LogP contribution in [0.15, 0.2) is 30.6 Å². The highest BCUT2D eigenvalue weighted by Gasteiger charge is 2.21. The van der Waals surface area contributed by atoms with Gasteiger partial charge in [0.15, 0.2) is 11.6 Å². The summed E-state index contributed by atoms with van der Waals surface area (Å²) in [4.78, 5) is 15.4. The fourth-order valence-electron chi connectivity index (χ4n) is 2.86. The molecule has 24 heavy (non-hydrogen) atoms. The van der Waals surface area contributed by atoms with E-state index in [-0.39, 0.29) is 18.5 Å². The van der Waals surface area contributed by atoms with E-state index in [4.69, 9.17) is 0 Å². The summed E-state index contributed by atoms with van der Waals surface area (Å²) in [5.74, 6) is -1.75. The molecular formula is C16H19F2N5O. The van der Waals surface area contributed by atoms with E-state index in [9.17, 15) is 13.6 Å². The van der Waals surface area contributed by atoms with Gasteiger partial charge in [-0.05, 0) is 30.5 Å². The Balaban J connectivity index is 1.43. The van der Waals surface area contributed by atoms with Crippen molar-refractivity contribution in [3.05, 3.63) is 47.8 Å². The Morgan fingerprint density at radius 3 is 2.54 bits per heavy atom. The maximum absolute atomic E-state index is 13.2.